The Hall–Kier alpha value is -2.37. The lowest BCUT2D eigenvalue weighted by atomic mass is 10.2. The summed E-state index contributed by atoms with van der Waals surface area (Å²) >= 11 is 6.10. The molecule has 1 fully saturated rings. The second kappa shape index (κ2) is 7.48. The average Bonchev–Trinajstić information content (AvgIpc) is 2.68. The van der Waals surface area contributed by atoms with Crippen molar-refractivity contribution in [1.82, 2.24) is 14.5 Å². The number of aromatic nitrogens is 2. The fourth-order valence-electron chi connectivity index (χ4n) is 3.49. The minimum Gasteiger partial charge on any atom is -0.369 e. The van der Waals surface area contributed by atoms with E-state index in [1.165, 1.54) is 11.9 Å². The number of hydrogen-bond donors (Lipinski definition) is 0. The van der Waals surface area contributed by atoms with Crippen molar-refractivity contribution >= 4 is 28.3 Å². The molecule has 0 unspecified atom stereocenters. The molecule has 0 N–H and O–H groups in total. The van der Waals surface area contributed by atoms with Crippen LogP contribution in [0.1, 0.15) is 0 Å². The van der Waals surface area contributed by atoms with Crippen molar-refractivity contribution in [3.05, 3.63) is 70.1 Å². The van der Waals surface area contributed by atoms with E-state index in [1.54, 1.807) is 0 Å². The number of para-hydroxylation sites is 2. The zero-order valence-electron chi connectivity index (χ0n) is 14.5. The van der Waals surface area contributed by atoms with Crippen LogP contribution < -0.4 is 10.5 Å². The van der Waals surface area contributed by atoms with E-state index in [-0.39, 0.29) is 5.56 Å². The summed E-state index contributed by atoms with van der Waals surface area (Å²) in [7, 11) is 0. The van der Waals surface area contributed by atoms with Gasteiger partial charge in [-0.2, -0.15) is 0 Å². The van der Waals surface area contributed by atoms with Gasteiger partial charge in [0.1, 0.15) is 0 Å². The van der Waals surface area contributed by atoms with Crippen molar-refractivity contribution in [3.63, 3.8) is 0 Å². The average molecular weight is 369 g/mol. The maximum absolute atomic E-state index is 12.2. The van der Waals surface area contributed by atoms with Crippen molar-refractivity contribution < 1.29 is 0 Å². The van der Waals surface area contributed by atoms with Gasteiger partial charge in [-0.3, -0.25) is 9.69 Å². The van der Waals surface area contributed by atoms with Crippen LogP contribution in [-0.4, -0.2) is 47.2 Å². The lowest BCUT2D eigenvalue weighted by molar-refractivity contribution is 0.248. The molecule has 2 heterocycles. The first-order chi connectivity index (χ1) is 12.7. The van der Waals surface area contributed by atoms with Gasteiger partial charge in [0.15, 0.2) is 0 Å². The Kier molecular flexibility index (Phi) is 4.91. The summed E-state index contributed by atoms with van der Waals surface area (Å²) < 4.78 is 1.83. The van der Waals surface area contributed by atoms with Gasteiger partial charge < -0.3 is 9.47 Å². The molecule has 0 radical (unpaired) electrons. The van der Waals surface area contributed by atoms with Crippen molar-refractivity contribution in [1.29, 1.82) is 0 Å². The fraction of sp³-hybridized carbons (Fsp3) is 0.300. The van der Waals surface area contributed by atoms with Crippen LogP contribution in [0.25, 0.3) is 11.0 Å². The number of hydrogen-bond acceptors (Lipinski definition) is 4. The van der Waals surface area contributed by atoms with Gasteiger partial charge in [0.25, 0.3) is 5.56 Å². The van der Waals surface area contributed by atoms with E-state index in [2.05, 4.69) is 20.9 Å². The summed E-state index contributed by atoms with van der Waals surface area (Å²) in [6.45, 7) is 5.42. The van der Waals surface area contributed by atoms with Gasteiger partial charge >= 0.3 is 0 Å². The molecule has 3 aromatic rings. The number of nitrogens with zero attached hydrogens (tertiary/aromatic N) is 4. The third-order valence-corrected chi connectivity index (χ3v) is 5.17. The van der Waals surface area contributed by atoms with Gasteiger partial charge in [-0.05, 0) is 30.3 Å². The number of anilines is 1. The Labute approximate surface area is 157 Å². The number of benzene rings is 2. The monoisotopic (exact) mass is 368 g/mol. The van der Waals surface area contributed by atoms with Crippen LogP contribution in [0.4, 0.5) is 5.69 Å². The lowest BCUT2D eigenvalue weighted by Crippen LogP contribution is -2.47. The van der Waals surface area contributed by atoms with E-state index in [1.807, 2.05) is 47.0 Å². The van der Waals surface area contributed by atoms with Crippen molar-refractivity contribution in [2.45, 2.75) is 6.54 Å². The minimum absolute atomic E-state index is 0.0405. The molecule has 4 rings (SSSR count). The van der Waals surface area contributed by atoms with E-state index in [0.717, 1.165) is 48.8 Å². The number of fused-ring (bicyclic) bond motifs is 1. The summed E-state index contributed by atoms with van der Waals surface area (Å²) in [6, 6.07) is 15.8. The highest BCUT2D eigenvalue weighted by atomic mass is 35.5. The van der Waals surface area contributed by atoms with Gasteiger partial charge in [-0.25, -0.2) is 4.98 Å². The molecular weight excluding hydrogens is 348 g/mol. The summed E-state index contributed by atoms with van der Waals surface area (Å²) in [4.78, 5) is 21.2. The van der Waals surface area contributed by atoms with Gasteiger partial charge in [0.05, 0.1) is 17.2 Å². The molecular formula is C20H21ClN4O. The third-order valence-electron chi connectivity index (χ3n) is 4.94. The number of piperazine rings is 1. The Morgan fingerprint density at radius 1 is 0.962 bits per heavy atom. The minimum atomic E-state index is -0.0405. The Morgan fingerprint density at radius 2 is 1.77 bits per heavy atom. The van der Waals surface area contributed by atoms with Gasteiger partial charge in [-0.1, -0.05) is 29.8 Å². The van der Waals surface area contributed by atoms with Crippen LogP contribution in [0.2, 0.25) is 5.02 Å². The Balaban J connectivity index is 1.40. The molecule has 2 aromatic carbocycles. The number of halogens is 1. The van der Waals surface area contributed by atoms with E-state index >= 15 is 0 Å². The highest BCUT2D eigenvalue weighted by Gasteiger charge is 2.17. The molecule has 1 aliphatic heterocycles. The summed E-state index contributed by atoms with van der Waals surface area (Å²) in [5.74, 6) is 0. The van der Waals surface area contributed by atoms with E-state index in [4.69, 9.17) is 11.6 Å². The first-order valence-electron chi connectivity index (χ1n) is 8.88. The van der Waals surface area contributed by atoms with Crippen LogP contribution in [0.15, 0.2) is 59.5 Å². The third kappa shape index (κ3) is 3.59. The lowest BCUT2D eigenvalue weighted by Gasteiger charge is -2.36. The maximum atomic E-state index is 12.2. The topological polar surface area (TPSA) is 41.4 Å². The predicted molar refractivity (Wildman–Crippen MR) is 106 cm³/mol. The highest BCUT2D eigenvalue weighted by Crippen LogP contribution is 2.20. The zero-order valence-corrected chi connectivity index (χ0v) is 15.3. The highest BCUT2D eigenvalue weighted by molar-refractivity contribution is 6.30. The molecule has 0 amide bonds. The van der Waals surface area contributed by atoms with Gasteiger partial charge in [0, 0.05) is 50.0 Å². The van der Waals surface area contributed by atoms with Crippen molar-refractivity contribution in [2.75, 3.05) is 37.6 Å². The zero-order chi connectivity index (χ0) is 17.9. The van der Waals surface area contributed by atoms with E-state index in [0.29, 0.717) is 6.54 Å². The van der Waals surface area contributed by atoms with Gasteiger partial charge in [-0.15, -0.1) is 0 Å². The first-order valence-corrected chi connectivity index (χ1v) is 9.26. The molecule has 134 valence electrons. The van der Waals surface area contributed by atoms with Crippen molar-refractivity contribution in [2.24, 2.45) is 0 Å². The van der Waals surface area contributed by atoms with Crippen LogP contribution in [0.3, 0.4) is 0 Å². The molecule has 0 spiro atoms. The normalized spacial score (nSPS) is 15.5. The standard InChI is InChI=1S/C20H21ClN4O/c21-16-4-3-5-17(14-16)24-11-8-23(9-12-24)10-13-25-19-7-2-1-6-18(19)22-15-20(25)26/h1-7,14-15H,8-13H2. The molecule has 6 heteroatoms. The van der Waals surface area contributed by atoms with Crippen LogP contribution in [0, 0.1) is 0 Å². The Bertz CT molecular complexity index is 963. The molecule has 0 saturated carbocycles. The summed E-state index contributed by atoms with van der Waals surface area (Å²) in [5.41, 5.74) is 2.89. The number of rotatable bonds is 4. The first kappa shape index (κ1) is 17.1. The summed E-state index contributed by atoms with van der Waals surface area (Å²) in [5, 5.41) is 0.772. The second-order valence-electron chi connectivity index (χ2n) is 6.55. The van der Waals surface area contributed by atoms with E-state index < -0.39 is 0 Å². The summed E-state index contributed by atoms with van der Waals surface area (Å²) in [6.07, 6.45) is 1.42. The largest absolute Gasteiger partial charge is 0.369 e. The van der Waals surface area contributed by atoms with Gasteiger partial charge in [0.2, 0.25) is 0 Å². The predicted octanol–water partition coefficient (Wildman–Crippen LogP) is 2.87. The Morgan fingerprint density at radius 3 is 2.58 bits per heavy atom. The molecule has 26 heavy (non-hydrogen) atoms. The quantitative estimate of drug-likeness (QED) is 0.710. The second-order valence-corrected chi connectivity index (χ2v) is 6.98. The fourth-order valence-corrected chi connectivity index (χ4v) is 3.67. The van der Waals surface area contributed by atoms with E-state index in [9.17, 15) is 4.79 Å². The molecule has 5 nitrogen and oxygen atoms in total. The molecule has 1 aliphatic rings. The van der Waals surface area contributed by atoms with Crippen LogP contribution in [0.5, 0.6) is 0 Å². The smallest absolute Gasteiger partial charge is 0.269 e. The molecule has 0 bridgehead atoms. The molecule has 0 atom stereocenters. The maximum Gasteiger partial charge on any atom is 0.269 e. The molecule has 1 saturated heterocycles. The van der Waals surface area contributed by atoms with Crippen LogP contribution >= 0.6 is 11.6 Å². The SMILES string of the molecule is O=c1cnc2ccccc2n1CCN1CCN(c2cccc(Cl)c2)CC1. The molecule has 0 aliphatic carbocycles. The molecule has 1 aromatic heterocycles. The van der Waals surface area contributed by atoms with Crippen molar-refractivity contribution in [3.8, 4) is 0 Å². The van der Waals surface area contributed by atoms with Crippen LogP contribution in [-0.2, 0) is 6.54 Å².